The van der Waals surface area contributed by atoms with Crippen molar-refractivity contribution < 1.29 is 9.63 Å². The van der Waals surface area contributed by atoms with Crippen molar-refractivity contribution in [3.8, 4) is 5.88 Å². The summed E-state index contributed by atoms with van der Waals surface area (Å²) >= 11 is 4.08. The SMILES string of the molecule is O=C(NOc1ccccn1)N(S)c1ccccc1. The van der Waals surface area contributed by atoms with E-state index in [2.05, 4.69) is 23.3 Å². The fourth-order valence-corrected chi connectivity index (χ4v) is 1.41. The van der Waals surface area contributed by atoms with Crippen molar-refractivity contribution in [2.75, 3.05) is 4.31 Å². The Morgan fingerprint density at radius 1 is 1.17 bits per heavy atom. The topological polar surface area (TPSA) is 54.5 Å². The minimum absolute atomic E-state index is 0.306. The molecule has 1 aromatic carbocycles. The molecule has 0 bridgehead atoms. The molecule has 1 N–H and O–H groups in total. The van der Waals surface area contributed by atoms with E-state index in [-0.39, 0.29) is 0 Å². The number of hydroxylamine groups is 1. The molecular formula is C12H11N3O2S. The van der Waals surface area contributed by atoms with Gasteiger partial charge in [0.05, 0.1) is 5.69 Å². The maximum atomic E-state index is 11.7. The molecule has 18 heavy (non-hydrogen) atoms. The molecule has 0 saturated carbocycles. The fraction of sp³-hybridized carbons (Fsp3) is 0. The summed E-state index contributed by atoms with van der Waals surface area (Å²) in [6.07, 6.45) is 1.57. The third kappa shape index (κ3) is 3.14. The van der Waals surface area contributed by atoms with E-state index in [1.807, 2.05) is 18.2 Å². The highest BCUT2D eigenvalue weighted by Crippen LogP contribution is 2.15. The first kappa shape index (κ1) is 12.3. The number of thiol groups is 1. The van der Waals surface area contributed by atoms with Crippen LogP contribution in [-0.4, -0.2) is 11.0 Å². The van der Waals surface area contributed by atoms with Crippen molar-refractivity contribution in [3.05, 3.63) is 54.7 Å². The second-order valence-electron chi connectivity index (χ2n) is 3.32. The first-order chi connectivity index (χ1) is 8.77. The van der Waals surface area contributed by atoms with Crippen molar-refractivity contribution in [1.82, 2.24) is 10.5 Å². The van der Waals surface area contributed by atoms with Crippen LogP contribution < -0.4 is 14.6 Å². The van der Waals surface area contributed by atoms with Gasteiger partial charge in [0.1, 0.15) is 0 Å². The van der Waals surface area contributed by atoms with Crippen LogP contribution in [0.4, 0.5) is 10.5 Å². The van der Waals surface area contributed by atoms with Crippen molar-refractivity contribution in [1.29, 1.82) is 0 Å². The molecule has 0 fully saturated rings. The Balaban J connectivity index is 1.93. The van der Waals surface area contributed by atoms with E-state index in [0.29, 0.717) is 11.6 Å². The quantitative estimate of drug-likeness (QED) is 0.659. The van der Waals surface area contributed by atoms with Gasteiger partial charge in [-0.3, -0.25) is 0 Å². The number of hydrogen-bond donors (Lipinski definition) is 2. The van der Waals surface area contributed by atoms with E-state index in [9.17, 15) is 4.79 Å². The largest absolute Gasteiger partial charge is 0.365 e. The normalized spacial score (nSPS) is 9.61. The molecule has 0 aliphatic rings. The molecule has 0 unspecified atom stereocenters. The van der Waals surface area contributed by atoms with Gasteiger partial charge < -0.3 is 4.84 Å². The van der Waals surface area contributed by atoms with E-state index in [0.717, 1.165) is 4.31 Å². The Hall–Kier alpha value is -2.21. The summed E-state index contributed by atoms with van der Waals surface area (Å²) in [5.41, 5.74) is 2.89. The number of aromatic nitrogens is 1. The van der Waals surface area contributed by atoms with Crippen molar-refractivity contribution in [2.45, 2.75) is 0 Å². The molecule has 2 rings (SSSR count). The lowest BCUT2D eigenvalue weighted by Crippen LogP contribution is -2.36. The van der Waals surface area contributed by atoms with E-state index in [4.69, 9.17) is 4.84 Å². The number of amides is 2. The van der Waals surface area contributed by atoms with E-state index >= 15 is 0 Å². The fourth-order valence-electron chi connectivity index (χ4n) is 1.23. The highest BCUT2D eigenvalue weighted by molar-refractivity contribution is 7.82. The predicted molar refractivity (Wildman–Crippen MR) is 71.3 cm³/mol. The van der Waals surface area contributed by atoms with Crippen LogP contribution >= 0.6 is 12.8 Å². The van der Waals surface area contributed by atoms with Crippen molar-refractivity contribution in [2.24, 2.45) is 0 Å². The number of nitrogens with one attached hydrogen (secondary N) is 1. The second-order valence-corrected chi connectivity index (χ2v) is 3.72. The Morgan fingerprint density at radius 3 is 2.56 bits per heavy atom. The number of benzene rings is 1. The average molecular weight is 261 g/mol. The van der Waals surface area contributed by atoms with Gasteiger partial charge >= 0.3 is 6.03 Å². The maximum absolute atomic E-state index is 11.7. The van der Waals surface area contributed by atoms with Crippen molar-refractivity contribution >= 4 is 24.5 Å². The number of anilines is 1. The second kappa shape index (κ2) is 5.92. The Morgan fingerprint density at radius 2 is 1.89 bits per heavy atom. The monoisotopic (exact) mass is 261 g/mol. The lowest BCUT2D eigenvalue weighted by molar-refractivity contribution is 0.182. The Kier molecular flexibility index (Phi) is 4.03. The zero-order valence-corrected chi connectivity index (χ0v) is 10.2. The number of para-hydroxylation sites is 1. The van der Waals surface area contributed by atoms with Crippen molar-refractivity contribution in [3.63, 3.8) is 0 Å². The van der Waals surface area contributed by atoms with Crippen LogP contribution in [0.5, 0.6) is 5.88 Å². The van der Waals surface area contributed by atoms with Gasteiger partial charge in [-0.15, -0.1) is 0 Å². The Labute approximate surface area is 110 Å². The first-order valence-corrected chi connectivity index (χ1v) is 5.59. The van der Waals surface area contributed by atoms with Crippen LogP contribution in [0.3, 0.4) is 0 Å². The summed E-state index contributed by atoms with van der Waals surface area (Å²) in [7, 11) is 0. The van der Waals surface area contributed by atoms with Crippen LogP contribution in [0.2, 0.25) is 0 Å². The average Bonchev–Trinajstić information content (AvgIpc) is 2.46. The minimum Gasteiger partial charge on any atom is -0.358 e. The zero-order valence-electron chi connectivity index (χ0n) is 9.35. The number of nitrogens with zero attached hydrogens (tertiary/aromatic N) is 2. The molecule has 2 aromatic rings. The summed E-state index contributed by atoms with van der Waals surface area (Å²) in [5.74, 6) is 0.306. The van der Waals surface area contributed by atoms with Gasteiger partial charge in [0.15, 0.2) is 0 Å². The van der Waals surface area contributed by atoms with E-state index in [1.165, 1.54) is 0 Å². The number of carbonyl (C=O) groups is 1. The van der Waals surface area contributed by atoms with Crippen LogP contribution in [0, 0.1) is 0 Å². The lowest BCUT2D eigenvalue weighted by Gasteiger charge is -2.15. The summed E-state index contributed by atoms with van der Waals surface area (Å²) in [5, 5.41) is 0. The van der Waals surface area contributed by atoms with Crippen LogP contribution in [0.1, 0.15) is 0 Å². The van der Waals surface area contributed by atoms with Gasteiger partial charge in [0.2, 0.25) is 5.88 Å². The molecule has 6 heteroatoms. The Bertz CT molecular complexity index is 507. The van der Waals surface area contributed by atoms with Gasteiger partial charge in [-0.05, 0) is 18.2 Å². The van der Waals surface area contributed by atoms with Gasteiger partial charge in [0.25, 0.3) is 0 Å². The third-order valence-corrected chi connectivity index (χ3v) is 2.49. The molecular weight excluding hydrogens is 250 g/mol. The number of rotatable bonds is 3. The molecule has 0 saturated heterocycles. The number of hydrogen-bond acceptors (Lipinski definition) is 4. The van der Waals surface area contributed by atoms with Crippen LogP contribution in [0.15, 0.2) is 54.7 Å². The van der Waals surface area contributed by atoms with Gasteiger partial charge in [-0.2, -0.15) is 5.48 Å². The van der Waals surface area contributed by atoms with Crippen LogP contribution in [0.25, 0.3) is 0 Å². The minimum atomic E-state index is -0.504. The molecule has 1 heterocycles. The van der Waals surface area contributed by atoms with E-state index in [1.54, 1.807) is 36.5 Å². The molecule has 1 aromatic heterocycles. The summed E-state index contributed by atoms with van der Waals surface area (Å²) in [6, 6.07) is 13.6. The summed E-state index contributed by atoms with van der Waals surface area (Å²) in [4.78, 5) is 20.6. The lowest BCUT2D eigenvalue weighted by atomic mass is 10.3. The standard InChI is InChI=1S/C12H11N3O2S/c16-12(14-17-11-8-4-5-9-13-11)15(18)10-6-2-1-3-7-10/h1-9,18H,(H,14,16). The zero-order chi connectivity index (χ0) is 12.8. The van der Waals surface area contributed by atoms with Gasteiger partial charge in [-0.25, -0.2) is 14.1 Å². The summed E-state index contributed by atoms with van der Waals surface area (Å²) in [6.45, 7) is 0. The highest BCUT2D eigenvalue weighted by atomic mass is 32.1. The van der Waals surface area contributed by atoms with E-state index < -0.39 is 6.03 Å². The van der Waals surface area contributed by atoms with Crippen LogP contribution in [-0.2, 0) is 0 Å². The molecule has 0 atom stereocenters. The molecule has 0 spiro atoms. The molecule has 2 amide bonds. The van der Waals surface area contributed by atoms with Gasteiger partial charge in [0, 0.05) is 12.3 Å². The molecule has 0 aliphatic carbocycles. The maximum Gasteiger partial charge on any atom is 0.365 e. The molecule has 5 nitrogen and oxygen atoms in total. The number of pyridine rings is 1. The molecule has 92 valence electrons. The first-order valence-electron chi connectivity index (χ1n) is 5.19. The number of urea groups is 1. The molecule has 0 radical (unpaired) electrons. The highest BCUT2D eigenvalue weighted by Gasteiger charge is 2.11. The predicted octanol–water partition coefficient (Wildman–Crippen LogP) is 2.44. The third-order valence-electron chi connectivity index (χ3n) is 2.07. The summed E-state index contributed by atoms with van der Waals surface area (Å²) < 4.78 is 1.14. The number of carbonyl (C=O) groups excluding carboxylic acids is 1. The smallest absolute Gasteiger partial charge is 0.358 e. The molecule has 0 aliphatic heterocycles. The van der Waals surface area contributed by atoms with Gasteiger partial charge in [-0.1, -0.05) is 37.1 Å².